The average Bonchev–Trinajstić information content (AvgIpc) is 3.13. The Morgan fingerprint density at radius 3 is 2.81 bits per heavy atom. The molecule has 134 valence electrons. The highest BCUT2D eigenvalue weighted by Crippen LogP contribution is 2.25. The number of nitrogens with one attached hydrogen (secondary N) is 1. The average molecular weight is 359 g/mol. The van der Waals surface area contributed by atoms with Gasteiger partial charge in [0.15, 0.2) is 0 Å². The Hall–Kier alpha value is -3.74. The molecule has 7 nitrogen and oxygen atoms in total. The van der Waals surface area contributed by atoms with Crippen LogP contribution in [0.4, 0.5) is 0 Å². The summed E-state index contributed by atoms with van der Waals surface area (Å²) in [4.78, 5) is 12.4. The minimum atomic E-state index is -0.587. The zero-order chi connectivity index (χ0) is 18.8. The molecule has 0 fully saturated rings. The number of hydrazone groups is 1. The summed E-state index contributed by atoms with van der Waals surface area (Å²) in [5.41, 5.74) is 4.55. The lowest BCUT2D eigenvalue weighted by molar-refractivity contribution is -0.124. The second kappa shape index (κ2) is 6.87. The molecular weight excluding hydrogens is 342 g/mol. The molecule has 27 heavy (non-hydrogen) atoms. The van der Waals surface area contributed by atoms with Gasteiger partial charge in [-0.1, -0.05) is 47.7 Å². The molecule has 0 aliphatic heterocycles. The predicted octanol–water partition coefficient (Wildman–Crippen LogP) is 3.00. The van der Waals surface area contributed by atoms with Crippen LogP contribution in [0.3, 0.4) is 0 Å². The van der Waals surface area contributed by atoms with E-state index in [4.69, 9.17) is 0 Å². The van der Waals surface area contributed by atoms with Gasteiger partial charge < -0.3 is 5.11 Å². The number of hydrogen-bond acceptors (Lipinski definition) is 5. The van der Waals surface area contributed by atoms with Gasteiger partial charge in [-0.25, -0.2) is 10.1 Å². The van der Waals surface area contributed by atoms with Crippen molar-refractivity contribution in [3.63, 3.8) is 0 Å². The molecule has 0 radical (unpaired) electrons. The van der Waals surface area contributed by atoms with Crippen LogP contribution in [0.15, 0.2) is 65.8 Å². The van der Waals surface area contributed by atoms with Crippen LogP contribution in [-0.2, 0) is 4.79 Å². The fourth-order valence-corrected chi connectivity index (χ4v) is 2.96. The highest BCUT2D eigenvalue weighted by Gasteiger charge is 2.18. The Balaban J connectivity index is 1.55. The predicted molar refractivity (Wildman–Crippen MR) is 104 cm³/mol. The first-order valence-electron chi connectivity index (χ1n) is 8.49. The molecule has 3 aromatic carbocycles. The Morgan fingerprint density at radius 1 is 1.15 bits per heavy atom. The van der Waals surface area contributed by atoms with Crippen LogP contribution in [0, 0.1) is 0 Å². The zero-order valence-electron chi connectivity index (χ0n) is 14.6. The largest absolute Gasteiger partial charge is 0.507 e. The van der Waals surface area contributed by atoms with Crippen molar-refractivity contribution < 1.29 is 9.90 Å². The quantitative estimate of drug-likeness (QED) is 0.433. The third kappa shape index (κ3) is 3.10. The molecule has 4 rings (SSSR count). The molecule has 0 aliphatic rings. The summed E-state index contributed by atoms with van der Waals surface area (Å²) in [7, 11) is 0. The van der Waals surface area contributed by atoms with Crippen LogP contribution < -0.4 is 5.43 Å². The second-order valence-electron chi connectivity index (χ2n) is 6.15. The molecule has 1 atom stereocenters. The Morgan fingerprint density at radius 2 is 1.93 bits per heavy atom. The molecule has 1 amide bonds. The van der Waals surface area contributed by atoms with Gasteiger partial charge in [0.1, 0.15) is 17.3 Å². The summed E-state index contributed by atoms with van der Waals surface area (Å²) < 4.78 is 1.55. The number of fused-ring (bicyclic) bond motifs is 2. The van der Waals surface area contributed by atoms with Gasteiger partial charge in [0.25, 0.3) is 5.91 Å². The zero-order valence-corrected chi connectivity index (χ0v) is 14.6. The molecule has 1 aromatic heterocycles. The maximum Gasteiger partial charge on any atom is 0.264 e. The van der Waals surface area contributed by atoms with Crippen molar-refractivity contribution in [2.75, 3.05) is 0 Å². The van der Waals surface area contributed by atoms with Gasteiger partial charge in [-0.05, 0) is 35.9 Å². The Kier molecular flexibility index (Phi) is 4.25. The maximum atomic E-state index is 12.4. The summed E-state index contributed by atoms with van der Waals surface area (Å²) in [6.07, 6.45) is 1.45. The van der Waals surface area contributed by atoms with Gasteiger partial charge >= 0.3 is 0 Å². The van der Waals surface area contributed by atoms with E-state index in [2.05, 4.69) is 20.8 Å². The normalized spacial score (nSPS) is 12.6. The number of amides is 1. The molecule has 0 bridgehead atoms. The highest BCUT2D eigenvalue weighted by molar-refractivity contribution is 6.02. The van der Waals surface area contributed by atoms with Crippen LogP contribution in [0.2, 0.25) is 0 Å². The number of nitrogens with zero attached hydrogens (tertiary/aromatic N) is 4. The van der Waals surface area contributed by atoms with Gasteiger partial charge in [0.2, 0.25) is 0 Å². The number of rotatable bonds is 4. The van der Waals surface area contributed by atoms with E-state index in [1.807, 2.05) is 54.6 Å². The van der Waals surface area contributed by atoms with E-state index in [0.29, 0.717) is 5.56 Å². The number of benzene rings is 3. The van der Waals surface area contributed by atoms with Gasteiger partial charge in [-0.15, -0.1) is 5.10 Å². The van der Waals surface area contributed by atoms with Crippen molar-refractivity contribution in [1.29, 1.82) is 0 Å². The maximum absolute atomic E-state index is 12.4. The number of para-hydroxylation sites is 1. The molecule has 0 saturated heterocycles. The van der Waals surface area contributed by atoms with Crippen LogP contribution in [0.25, 0.3) is 21.8 Å². The summed E-state index contributed by atoms with van der Waals surface area (Å²) in [5, 5.41) is 24.1. The molecule has 0 aliphatic carbocycles. The first kappa shape index (κ1) is 16.7. The van der Waals surface area contributed by atoms with E-state index < -0.39 is 6.04 Å². The molecule has 4 aromatic rings. The van der Waals surface area contributed by atoms with E-state index in [9.17, 15) is 9.90 Å². The Bertz CT molecular complexity index is 1170. The summed E-state index contributed by atoms with van der Waals surface area (Å²) in [6.45, 7) is 1.72. The summed E-state index contributed by atoms with van der Waals surface area (Å²) >= 11 is 0. The topological polar surface area (TPSA) is 92.4 Å². The molecule has 0 unspecified atom stereocenters. The molecule has 0 saturated carbocycles. The third-order valence-electron chi connectivity index (χ3n) is 4.44. The second-order valence-corrected chi connectivity index (χ2v) is 6.15. The third-order valence-corrected chi connectivity index (χ3v) is 4.44. The van der Waals surface area contributed by atoms with Crippen LogP contribution >= 0.6 is 0 Å². The van der Waals surface area contributed by atoms with Crippen molar-refractivity contribution in [3.05, 3.63) is 66.2 Å². The monoisotopic (exact) mass is 359 g/mol. The minimum absolute atomic E-state index is 0.0991. The van der Waals surface area contributed by atoms with Crippen molar-refractivity contribution in [3.8, 4) is 5.75 Å². The van der Waals surface area contributed by atoms with Crippen LogP contribution in [0.5, 0.6) is 5.75 Å². The molecule has 2 N–H and O–H groups in total. The number of aromatic nitrogens is 3. The van der Waals surface area contributed by atoms with Crippen molar-refractivity contribution >= 4 is 33.9 Å². The molecular formula is C20H17N5O2. The SMILES string of the molecule is C[C@H](C(=O)N/N=C\c1c(O)ccc2ccccc12)n1nnc2ccccc21. The number of carbonyl (C=O) groups is 1. The molecule has 7 heteroatoms. The van der Waals surface area contributed by atoms with Crippen molar-refractivity contribution in [1.82, 2.24) is 20.4 Å². The lowest BCUT2D eigenvalue weighted by Gasteiger charge is -2.10. The Labute approximate surface area is 154 Å². The number of hydrogen-bond donors (Lipinski definition) is 2. The van der Waals surface area contributed by atoms with E-state index in [-0.39, 0.29) is 11.7 Å². The minimum Gasteiger partial charge on any atom is -0.507 e. The number of carbonyl (C=O) groups excluding carboxylic acids is 1. The summed E-state index contributed by atoms with van der Waals surface area (Å²) in [5.74, 6) is -0.233. The van der Waals surface area contributed by atoms with Gasteiger partial charge in [0.05, 0.1) is 11.7 Å². The fourth-order valence-electron chi connectivity index (χ4n) is 2.96. The lowest BCUT2D eigenvalue weighted by Crippen LogP contribution is -2.28. The van der Waals surface area contributed by atoms with E-state index in [0.717, 1.165) is 21.8 Å². The van der Waals surface area contributed by atoms with Gasteiger partial charge in [-0.3, -0.25) is 4.79 Å². The van der Waals surface area contributed by atoms with Crippen LogP contribution in [0.1, 0.15) is 18.5 Å². The lowest BCUT2D eigenvalue weighted by atomic mass is 10.0. The fraction of sp³-hybridized carbons (Fsp3) is 0.100. The van der Waals surface area contributed by atoms with Gasteiger partial charge in [0, 0.05) is 5.56 Å². The van der Waals surface area contributed by atoms with E-state index in [1.54, 1.807) is 17.7 Å². The standard InChI is InChI=1S/C20H17N5O2/c1-13(25-18-9-5-4-8-17(18)22-24-25)20(27)23-21-12-16-15-7-3-2-6-14(15)10-11-19(16)26/h2-13,26H,1H3,(H,23,27)/b21-12-/t13-/m1/s1. The first-order valence-corrected chi connectivity index (χ1v) is 8.49. The number of phenolic OH excluding ortho intramolecular Hbond substituents is 1. The summed E-state index contributed by atoms with van der Waals surface area (Å²) in [6, 6.07) is 17.9. The van der Waals surface area contributed by atoms with E-state index in [1.165, 1.54) is 6.21 Å². The number of aromatic hydroxyl groups is 1. The van der Waals surface area contributed by atoms with E-state index >= 15 is 0 Å². The van der Waals surface area contributed by atoms with Crippen molar-refractivity contribution in [2.45, 2.75) is 13.0 Å². The smallest absolute Gasteiger partial charge is 0.264 e. The first-order chi connectivity index (χ1) is 13.1. The molecule has 0 spiro atoms. The van der Waals surface area contributed by atoms with Crippen LogP contribution in [-0.4, -0.2) is 32.2 Å². The molecule has 1 heterocycles. The number of phenols is 1. The highest BCUT2D eigenvalue weighted by atomic mass is 16.3. The van der Waals surface area contributed by atoms with Gasteiger partial charge in [-0.2, -0.15) is 5.10 Å². The van der Waals surface area contributed by atoms with Crippen molar-refractivity contribution in [2.24, 2.45) is 5.10 Å².